The predicted octanol–water partition coefficient (Wildman–Crippen LogP) is 3.82. The van der Waals surface area contributed by atoms with E-state index in [0.717, 1.165) is 19.3 Å². The second-order valence-electron chi connectivity index (χ2n) is 10.4. The van der Waals surface area contributed by atoms with Gasteiger partial charge >= 0.3 is 24.0 Å². The number of hydrogen-bond donors (Lipinski definition) is 3. The highest BCUT2D eigenvalue weighted by molar-refractivity contribution is 5.82. The van der Waals surface area contributed by atoms with Crippen molar-refractivity contribution in [1.29, 1.82) is 0 Å². The highest BCUT2D eigenvalue weighted by Crippen LogP contribution is 2.24. The van der Waals surface area contributed by atoms with Gasteiger partial charge in [0.25, 0.3) is 0 Å². The van der Waals surface area contributed by atoms with Gasteiger partial charge in [-0.3, -0.25) is 9.59 Å². The number of alkyl carbamates (subject to hydrolysis) is 1. The van der Waals surface area contributed by atoms with Gasteiger partial charge in [0, 0.05) is 6.42 Å². The third-order valence-corrected chi connectivity index (χ3v) is 5.10. The number of carboxylic acids is 1. The van der Waals surface area contributed by atoms with E-state index in [1.807, 2.05) is 20.8 Å². The lowest BCUT2D eigenvalue weighted by Crippen LogP contribution is -2.52. The van der Waals surface area contributed by atoms with Crippen molar-refractivity contribution in [3.63, 3.8) is 0 Å². The number of carboxylic acid groups (broad SMARTS) is 1. The maximum absolute atomic E-state index is 12.8. The van der Waals surface area contributed by atoms with Gasteiger partial charge < -0.3 is 29.7 Å². The molecular weight excluding hydrogens is 458 g/mol. The molecule has 0 saturated heterocycles. The number of nitrogens with one attached hydrogen (secondary N) is 1. The van der Waals surface area contributed by atoms with Crippen LogP contribution in [0.5, 0.6) is 0 Å². The van der Waals surface area contributed by atoms with Gasteiger partial charge in [-0.25, -0.2) is 9.59 Å². The third kappa shape index (κ3) is 13.9. The van der Waals surface area contributed by atoms with E-state index < -0.39 is 59.9 Å². The fourth-order valence-electron chi connectivity index (χ4n) is 3.39. The largest absolute Gasteiger partial charge is 0.481 e. The van der Waals surface area contributed by atoms with Gasteiger partial charge in [-0.1, -0.05) is 46.5 Å². The normalized spacial score (nSPS) is 15.9. The Labute approximate surface area is 209 Å². The van der Waals surface area contributed by atoms with E-state index in [-0.39, 0.29) is 18.8 Å². The Balaban J connectivity index is 5.65. The molecule has 1 amide bonds. The molecule has 3 N–H and O–H groups in total. The second kappa shape index (κ2) is 15.6. The number of rotatable bonds is 15. The Hall–Kier alpha value is -2.36. The first-order chi connectivity index (χ1) is 16.1. The zero-order valence-electron chi connectivity index (χ0n) is 22.5. The molecule has 0 aliphatic heterocycles. The maximum atomic E-state index is 12.8. The van der Waals surface area contributed by atoms with Gasteiger partial charge in [-0.15, -0.1) is 0 Å². The fourth-order valence-corrected chi connectivity index (χ4v) is 3.39. The summed E-state index contributed by atoms with van der Waals surface area (Å²) in [5.74, 6) is -3.85. The molecule has 10 heteroatoms. The molecule has 204 valence electrons. The summed E-state index contributed by atoms with van der Waals surface area (Å²) in [5.41, 5.74) is -0.827. The lowest BCUT2D eigenvalue weighted by Gasteiger charge is -2.31. The Morgan fingerprint density at radius 1 is 0.943 bits per heavy atom. The van der Waals surface area contributed by atoms with Crippen molar-refractivity contribution in [1.82, 2.24) is 5.32 Å². The van der Waals surface area contributed by atoms with Crippen LogP contribution in [0.1, 0.15) is 93.9 Å². The number of esters is 2. The summed E-state index contributed by atoms with van der Waals surface area (Å²) in [6, 6.07) is -1.47. The molecule has 0 rings (SSSR count). The smallest absolute Gasteiger partial charge is 0.408 e. The van der Waals surface area contributed by atoms with Crippen molar-refractivity contribution in [3.05, 3.63) is 0 Å². The summed E-state index contributed by atoms with van der Waals surface area (Å²) in [6.07, 6.45) is -0.951. The molecule has 3 unspecified atom stereocenters. The standard InChI is InChI=1S/C25H45NO9/c1-9-10-11-12-13-18(22(29)30)21(34-19(28)14-15(2)3)17(5)33-23(31)20(16(4)27)26-24(32)35-25(6,7)8/h15-18,20-21,27H,9-14H2,1-8H3,(H,26,32)(H,29,30)/t16-,17?,18?,20+,21?/m1/s1. The Kier molecular flexibility index (Phi) is 14.5. The molecular formula is C25H45NO9. The van der Waals surface area contributed by atoms with E-state index in [1.165, 1.54) is 13.8 Å². The Morgan fingerprint density at radius 3 is 2.00 bits per heavy atom. The first kappa shape index (κ1) is 32.6. The molecule has 0 heterocycles. The summed E-state index contributed by atoms with van der Waals surface area (Å²) in [5, 5.41) is 22.2. The number of carbonyl (C=O) groups is 4. The molecule has 0 aromatic heterocycles. The van der Waals surface area contributed by atoms with E-state index in [9.17, 15) is 29.4 Å². The number of ether oxygens (including phenoxy) is 3. The van der Waals surface area contributed by atoms with E-state index in [2.05, 4.69) is 5.32 Å². The molecule has 5 atom stereocenters. The maximum Gasteiger partial charge on any atom is 0.408 e. The molecule has 0 aromatic rings. The van der Waals surface area contributed by atoms with Gasteiger partial charge in [0.15, 0.2) is 12.1 Å². The average molecular weight is 504 g/mol. The summed E-state index contributed by atoms with van der Waals surface area (Å²) >= 11 is 0. The zero-order valence-corrected chi connectivity index (χ0v) is 22.5. The number of hydrogen-bond acceptors (Lipinski definition) is 8. The number of aliphatic hydroxyl groups is 1. The topological polar surface area (TPSA) is 148 Å². The van der Waals surface area contributed by atoms with E-state index >= 15 is 0 Å². The second-order valence-corrected chi connectivity index (χ2v) is 10.4. The molecule has 0 aliphatic carbocycles. The van der Waals surface area contributed by atoms with Crippen molar-refractivity contribution >= 4 is 24.0 Å². The molecule has 0 radical (unpaired) electrons. The SMILES string of the molecule is CCCCCCC(C(=O)O)C(OC(=O)CC(C)C)C(C)OC(=O)[C@@H](NC(=O)OC(C)(C)C)[C@@H](C)O. The predicted molar refractivity (Wildman–Crippen MR) is 130 cm³/mol. The molecule has 35 heavy (non-hydrogen) atoms. The zero-order chi connectivity index (χ0) is 27.3. The van der Waals surface area contributed by atoms with Crippen molar-refractivity contribution in [2.75, 3.05) is 0 Å². The lowest BCUT2D eigenvalue weighted by molar-refractivity contribution is -0.179. The van der Waals surface area contributed by atoms with Gasteiger partial charge in [0.1, 0.15) is 11.7 Å². The van der Waals surface area contributed by atoms with E-state index in [0.29, 0.717) is 6.42 Å². The van der Waals surface area contributed by atoms with Crippen LogP contribution in [-0.4, -0.2) is 64.2 Å². The lowest BCUT2D eigenvalue weighted by atomic mass is 9.92. The van der Waals surface area contributed by atoms with Crippen LogP contribution in [0.3, 0.4) is 0 Å². The Morgan fingerprint density at radius 2 is 1.54 bits per heavy atom. The van der Waals surface area contributed by atoms with Crippen LogP contribution in [0.15, 0.2) is 0 Å². The highest BCUT2D eigenvalue weighted by atomic mass is 16.6. The number of carbonyl (C=O) groups excluding carboxylic acids is 3. The summed E-state index contributed by atoms with van der Waals surface area (Å²) in [6.45, 7) is 13.4. The van der Waals surface area contributed by atoms with Crippen LogP contribution in [0.4, 0.5) is 4.79 Å². The van der Waals surface area contributed by atoms with Crippen LogP contribution >= 0.6 is 0 Å². The molecule has 0 aromatic carbocycles. The summed E-state index contributed by atoms with van der Waals surface area (Å²) in [7, 11) is 0. The monoisotopic (exact) mass is 503 g/mol. The van der Waals surface area contributed by atoms with Crippen LogP contribution in [0, 0.1) is 11.8 Å². The van der Waals surface area contributed by atoms with Crippen LogP contribution in [0.2, 0.25) is 0 Å². The quantitative estimate of drug-likeness (QED) is 0.172. The summed E-state index contributed by atoms with van der Waals surface area (Å²) in [4.78, 5) is 49.4. The highest BCUT2D eigenvalue weighted by Gasteiger charge is 2.39. The van der Waals surface area contributed by atoms with E-state index in [4.69, 9.17) is 14.2 Å². The van der Waals surface area contributed by atoms with Crippen molar-refractivity contribution in [2.24, 2.45) is 11.8 Å². The number of aliphatic carboxylic acids is 1. The molecule has 0 spiro atoms. The van der Waals surface area contributed by atoms with Crippen LogP contribution in [0.25, 0.3) is 0 Å². The minimum atomic E-state index is -1.47. The van der Waals surface area contributed by atoms with Crippen molar-refractivity contribution in [2.45, 2.75) is 124 Å². The van der Waals surface area contributed by atoms with Crippen LogP contribution in [-0.2, 0) is 28.6 Å². The molecule has 0 fully saturated rings. The number of aliphatic hydroxyl groups excluding tert-OH is 1. The number of unbranched alkanes of at least 4 members (excludes halogenated alkanes) is 3. The van der Waals surface area contributed by atoms with Gasteiger partial charge in [0.2, 0.25) is 0 Å². The van der Waals surface area contributed by atoms with Crippen LogP contribution < -0.4 is 5.32 Å². The third-order valence-electron chi connectivity index (χ3n) is 5.10. The first-order valence-corrected chi connectivity index (χ1v) is 12.4. The fraction of sp³-hybridized carbons (Fsp3) is 0.840. The van der Waals surface area contributed by atoms with Crippen molar-refractivity contribution < 1.29 is 43.6 Å². The molecule has 0 saturated carbocycles. The summed E-state index contributed by atoms with van der Waals surface area (Å²) < 4.78 is 16.1. The van der Waals surface area contributed by atoms with E-state index in [1.54, 1.807) is 20.8 Å². The van der Waals surface area contributed by atoms with Gasteiger partial charge in [-0.05, 0) is 47.0 Å². The number of amides is 1. The van der Waals surface area contributed by atoms with Crippen molar-refractivity contribution in [3.8, 4) is 0 Å². The minimum Gasteiger partial charge on any atom is -0.481 e. The first-order valence-electron chi connectivity index (χ1n) is 12.4. The minimum absolute atomic E-state index is 0.00788. The molecule has 0 aliphatic rings. The van der Waals surface area contributed by atoms with Gasteiger partial charge in [0.05, 0.1) is 12.0 Å². The Bertz CT molecular complexity index is 685. The van der Waals surface area contributed by atoms with Gasteiger partial charge in [-0.2, -0.15) is 0 Å². The average Bonchev–Trinajstić information content (AvgIpc) is 2.68. The molecule has 0 bridgehead atoms. The molecule has 10 nitrogen and oxygen atoms in total.